The van der Waals surface area contributed by atoms with Crippen molar-refractivity contribution in [2.24, 2.45) is 0 Å². The summed E-state index contributed by atoms with van der Waals surface area (Å²) in [5.74, 6) is 0.938. The van der Waals surface area contributed by atoms with Gasteiger partial charge in [0.2, 0.25) is 5.91 Å². The first-order chi connectivity index (χ1) is 10.1. The van der Waals surface area contributed by atoms with Crippen molar-refractivity contribution in [3.63, 3.8) is 0 Å². The predicted octanol–water partition coefficient (Wildman–Crippen LogP) is 2.49. The van der Waals surface area contributed by atoms with Gasteiger partial charge in [-0.15, -0.1) is 0 Å². The number of carbonyl (C=O) groups excluding carboxylic acids is 1. The van der Waals surface area contributed by atoms with Gasteiger partial charge in [0.05, 0.1) is 11.2 Å². The summed E-state index contributed by atoms with van der Waals surface area (Å²) in [5.41, 5.74) is 8.37. The van der Waals surface area contributed by atoms with Gasteiger partial charge in [0.1, 0.15) is 17.9 Å². The SMILES string of the molecule is CCCc1nc2c(N)cccc2n1CC(=O)NC(C)CC. The summed E-state index contributed by atoms with van der Waals surface area (Å²) in [6.45, 7) is 6.46. The summed E-state index contributed by atoms with van der Waals surface area (Å²) in [6.07, 6.45) is 2.74. The highest BCUT2D eigenvalue weighted by molar-refractivity contribution is 5.89. The topological polar surface area (TPSA) is 72.9 Å². The molecular formula is C16H24N4O. The minimum absolute atomic E-state index is 0.0171. The van der Waals surface area contributed by atoms with Crippen LogP contribution in [0.1, 0.15) is 39.4 Å². The van der Waals surface area contributed by atoms with Gasteiger partial charge >= 0.3 is 0 Å². The molecule has 1 atom stereocenters. The summed E-state index contributed by atoms with van der Waals surface area (Å²) in [5, 5.41) is 3.00. The molecule has 0 saturated heterocycles. The highest BCUT2D eigenvalue weighted by Crippen LogP contribution is 2.22. The molecule has 21 heavy (non-hydrogen) atoms. The van der Waals surface area contributed by atoms with E-state index in [1.54, 1.807) is 0 Å². The van der Waals surface area contributed by atoms with E-state index >= 15 is 0 Å². The second-order valence-corrected chi connectivity index (χ2v) is 5.46. The van der Waals surface area contributed by atoms with Crippen LogP contribution in [0.2, 0.25) is 0 Å². The Balaban J connectivity index is 2.34. The number of nitrogens with zero attached hydrogens (tertiary/aromatic N) is 2. The van der Waals surface area contributed by atoms with Gasteiger partial charge in [-0.1, -0.05) is 19.9 Å². The Hall–Kier alpha value is -2.04. The fraction of sp³-hybridized carbons (Fsp3) is 0.500. The lowest BCUT2D eigenvalue weighted by atomic mass is 10.2. The molecule has 5 heteroatoms. The van der Waals surface area contributed by atoms with E-state index in [0.717, 1.165) is 36.1 Å². The molecule has 0 aliphatic heterocycles. The van der Waals surface area contributed by atoms with Crippen molar-refractivity contribution in [1.82, 2.24) is 14.9 Å². The molecule has 1 aromatic carbocycles. The van der Waals surface area contributed by atoms with E-state index in [1.807, 2.05) is 29.7 Å². The number of nitrogens with two attached hydrogens (primary N) is 1. The van der Waals surface area contributed by atoms with Crippen LogP contribution in [-0.4, -0.2) is 21.5 Å². The second kappa shape index (κ2) is 6.61. The summed E-state index contributed by atoms with van der Waals surface area (Å²) in [4.78, 5) is 16.8. The Morgan fingerprint density at radius 1 is 1.43 bits per heavy atom. The smallest absolute Gasteiger partial charge is 0.240 e. The van der Waals surface area contributed by atoms with Gasteiger partial charge < -0.3 is 15.6 Å². The highest BCUT2D eigenvalue weighted by Gasteiger charge is 2.15. The highest BCUT2D eigenvalue weighted by atomic mass is 16.2. The molecule has 0 aliphatic rings. The van der Waals surface area contributed by atoms with Crippen molar-refractivity contribution in [1.29, 1.82) is 0 Å². The number of benzene rings is 1. The van der Waals surface area contributed by atoms with E-state index in [4.69, 9.17) is 5.73 Å². The van der Waals surface area contributed by atoms with Crippen LogP contribution in [0.15, 0.2) is 18.2 Å². The number of hydrogen-bond acceptors (Lipinski definition) is 3. The molecule has 3 N–H and O–H groups in total. The zero-order valence-electron chi connectivity index (χ0n) is 13.0. The number of amides is 1. The number of para-hydroxylation sites is 1. The number of rotatable bonds is 6. The normalized spacial score (nSPS) is 12.5. The van der Waals surface area contributed by atoms with Crippen LogP contribution in [0.3, 0.4) is 0 Å². The van der Waals surface area contributed by atoms with Crippen LogP contribution in [0, 0.1) is 0 Å². The molecular weight excluding hydrogens is 264 g/mol. The fourth-order valence-corrected chi connectivity index (χ4v) is 2.37. The van der Waals surface area contributed by atoms with Gasteiger partial charge in [-0.25, -0.2) is 4.98 Å². The van der Waals surface area contributed by atoms with Crippen LogP contribution >= 0.6 is 0 Å². The lowest BCUT2D eigenvalue weighted by molar-refractivity contribution is -0.122. The third-order valence-corrected chi connectivity index (χ3v) is 3.68. The number of carbonyl (C=O) groups is 1. The van der Waals surface area contributed by atoms with E-state index in [9.17, 15) is 4.79 Å². The molecule has 114 valence electrons. The molecule has 0 saturated carbocycles. The quantitative estimate of drug-likeness (QED) is 0.802. The van der Waals surface area contributed by atoms with Gasteiger partial charge in [0.25, 0.3) is 0 Å². The number of fused-ring (bicyclic) bond motifs is 1. The average molecular weight is 288 g/mol. The maximum absolute atomic E-state index is 12.2. The zero-order valence-corrected chi connectivity index (χ0v) is 13.0. The molecule has 2 rings (SSSR count). The van der Waals surface area contributed by atoms with Crippen molar-refractivity contribution >= 4 is 22.6 Å². The lowest BCUT2D eigenvalue weighted by Gasteiger charge is -2.13. The third kappa shape index (κ3) is 3.35. The molecule has 1 unspecified atom stereocenters. The first kappa shape index (κ1) is 15.4. The number of hydrogen-bond donors (Lipinski definition) is 2. The van der Waals surface area contributed by atoms with Gasteiger partial charge in [0, 0.05) is 12.5 Å². The predicted molar refractivity (Wildman–Crippen MR) is 86.0 cm³/mol. The first-order valence-electron chi connectivity index (χ1n) is 7.59. The van der Waals surface area contributed by atoms with Gasteiger partial charge in [-0.05, 0) is 31.9 Å². The van der Waals surface area contributed by atoms with Crippen LogP contribution in [0.25, 0.3) is 11.0 Å². The first-order valence-corrected chi connectivity index (χ1v) is 7.59. The monoisotopic (exact) mass is 288 g/mol. The van der Waals surface area contributed by atoms with Crippen molar-refractivity contribution < 1.29 is 4.79 Å². The Bertz CT molecular complexity index is 632. The molecule has 0 aliphatic carbocycles. The number of nitrogen functional groups attached to an aromatic ring is 1. The van der Waals surface area contributed by atoms with E-state index in [-0.39, 0.29) is 11.9 Å². The van der Waals surface area contributed by atoms with Crippen molar-refractivity contribution in [3.05, 3.63) is 24.0 Å². The molecule has 1 heterocycles. The van der Waals surface area contributed by atoms with Gasteiger partial charge in [-0.2, -0.15) is 0 Å². The zero-order chi connectivity index (χ0) is 15.4. The lowest BCUT2D eigenvalue weighted by Crippen LogP contribution is -2.34. The number of aryl methyl sites for hydroxylation is 1. The summed E-state index contributed by atoms with van der Waals surface area (Å²) >= 11 is 0. The maximum atomic E-state index is 12.2. The molecule has 0 radical (unpaired) electrons. The van der Waals surface area contributed by atoms with Crippen molar-refractivity contribution in [3.8, 4) is 0 Å². The van der Waals surface area contributed by atoms with E-state index in [0.29, 0.717) is 12.2 Å². The molecule has 0 bridgehead atoms. The summed E-state index contributed by atoms with van der Waals surface area (Å²) in [6, 6.07) is 5.90. The number of aromatic nitrogens is 2. The number of anilines is 1. The van der Waals surface area contributed by atoms with E-state index in [1.165, 1.54) is 0 Å². The van der Waals surface area contributed by atoms with E-state index in [2.05, 4.69) is 24.1 Å². The summed E-state index contributed by atoms with van der Waals surface area (Å²) in [7, 11) is 0. The largest absolute Gasteiger partial charge is 0.397 e. The van der Waals surface area contributed by atoms with Crippen molar-refractivity contribution in [2.45, 2.75) is 52.6 Å². The average Bonchev–Trinajstić information content (AvgIpc) is 2.79. The van der Waals surface area contributed by atoms with Crippen LogP contribution < -0.4 is 11.1 Å². The Labute approximate surface area is 125 Å². The minimum atomic E-state index is 0.0171. The molecule has 0 fully saturated rings. The Morgan fingerprint density at radius 2 is 2.19 bits per heavy atom. The third-order valence-electron chi connectivity index (χ3n) is 3.68. The molecule has 2 aromatic rings. The Kier molecular flexibility index (Phi) is 4.83. The van der Waals surface area contributed by atoms with Crippen molar-refractivity contribution in [2.75, 3.05) is 5.73 Å². The Morgan fingerprint density at radius 3 is 2.86 bits per heavy atom. The van der Waals surface area contributed by atoms with Gasteiger partial charge in [0.15, 0.2) is 0 Å². The number of nitrogens with one attached hydrogen (secondary N) is 1. The maximum Gasteiger partial charge on any atom is 0.240 e. The molecule has 1 amide bonds. The minimum Gasteiger partial charge on any atom is -0.397 e. The fourth-order valence-electron chi connectivity index (χ4n) is 2.37. The number of imidazole rings is 1. The second-order valence-electron chi connectivity index (χ2n) is 5.46. The molecule has 5 nitrogen and oxygen atoms in total. The summed E-state index contributed by atoms with van der Waals surface area (Å²) < 4.78 is 1.98. The van der Waals surface area contributed by atoms with Gasteiger partial charge in [-0.3, -0.25) is 4.79 Å². The standard InChI is InChI=1S/C16H24N4O/c1-4-7-14-19-16-12(17)8-6-9-13(16)20(14)10-15(21)18-11(3)5-2/h6,8-9,11H,4-5,7,10,17H2,1-3H3,(H,18,21). The molecule has 0 spiro atoms. The molecule has 1 aromatic heterocycles. The van der Waals surface area contributed by atoms with Crippen LogP contribution in [-0.2, 0) is 17.8 Å². The van der Waals surface area contributed by atoms with E-state index < -0.39 is 0 Å². The van der Waals surface area contributed by atoms with Crippen LogP contribution in [0.4, 0.5) is 5.69 Å². The van der Waals surface area contributed by atoms with Crippen LogP contribution in [0.5, 0.6) is 0 Å².